The lowest BCUT2D eigenvalue weighted by Crippen LogP contribution is -2.27. The fourth-order valence-corrected chi connectivity index (χ4v) is 3.36. The van der Waals surface area contributed by atoms with Crippen molar-refractivity contribution in [2.24, 2.45) is 10.7 Å². The standard InChI is InChI=1S/C24H31F2N5O5/c1-15(28-7-9-35-21-6-4-5-8-34-21)10-20(27)31-24-29-12-16(13-30-24)36-14-17-22(25)18(32-2)11-19(33-3)23(17)26/h10-13,21,28H,4-9,14H2,1-3H3,(H2,27,29,30,31)/b15-10-. The van der Waals surface area contributed by atoms with Crippen molar-refractivity contribution in [2.75, 3.05) is 34.0 Å². The molecule has 2 aromatic rings. The first-order chi connectivity index (χ1) is 17.4. The molecule has 1 aliphatic rings. The highest BCUT2D eigenvalue weighted by atomic mass is 19.1. The van der Waals surface area contributed by atoms with Crippen LogP contribution in [0.4, 0.5) is 14.7 Å². The number of benzene rings is 1. The minimum Gasteiger partial charge on any atom is -0.494 e. The highest BCUT2D eigenvalue weighted by Crippen LogP contribution is 2.32. The lowest BCUT2D eigenvalue weighted by atomic mass is 10.1. The molecule has 0 radical (unpaired) electrons. The topological polar surface area (TPSA) is 122 Å². The number of methoxy groups -OCH3 is 2. The minimum atomic E-state index is -0.879. The van der Waals surface area contributed by atoms with Gasteiger partial charge in [-0.3, -0.25) is 0 Å². The zero-order valence-electron chi connectivity index (χ0n) is 20.6. The first-order valence-corrected chi connectivity index (χ1v) is 11.4. The van der Waals surface area contributed by atoms with Gasteiger partial charge in [-0.15, -0.1) is 0 Å². The zero-order chi connectivity index (χ0) is 25.9. The predicted octanol–water partition coefficient (Wildman–Crippen LogP) is 3.38. The molecule has 3 rings (SSSR count). The maximum Gasteiger partial charge on any atom is 0.251 e. The normalized spacial score (nSPS) is 16.5. The van der Waals surface area contributed by atoms with Crippen molar-refractivity contribution in [1.29, 1.82) is 0 Å². The summed E-state index contributed by atoms with van der Waals surface area (Å²) in [6, 6.07) is 1.13. The number of aromatic nitrogens is 2. The van der Waals surface area contributed by atoms with Gasteiger partial charge in [0.1, 0.15) is 12.4 Å². The van der Waals surface area contributed by atoms with Gasteiger partial charge in [0.15, 0.2) is 35.2 Å². The zero-order valence-corrected chi connectivity index (χ0v) is 20.6. The van der Waals surface area contributed by atoms with Crippen molar-refractivity contribution in [3.05, 3.63) is 47.4 Å². The average Bonchev–Trinajstić information content (AvgIpc) is 2.88. The summed E-state index contributed by atoms with van der Waals surface area (Å²) >= 11 is 0. The summed E-state index contributed by atoms with van der Waals surface area (Å²) < 4.78 is 55.4. The van der Waals surface area contributed by atoms with Crippen LogP contribution >= 0.6 is 0 Å². The van der Waals surface area contributed by atoms with Gasteiger partial charge in [-0.1, -0.05) is 0 Å². The quantitative estimate of drug-likeness (QED) is 0.253. The highest BCUT2D eigenvalue weighted by Gasteiger charge is 2.20. The molecule has 36 heavy (non-hydrogen) atoms. The molecule has 1 fully saturated rings. The second kappa shape index (κ2) is 13.5. The number of rotatable bonds is 12. The molecule has 196 valence electrons. The molecule has 0 spiro atoms. The summed E-state index contributed by atoms with van der Waals surface area (Å²) in [6.45, 7) is 3.27. The number of halogens is 2. The molecule has 2 heterocycles. The lowest BCUT2D eigenvalue weighted by Gasteiger charge is -2.22. The van der Waals surface area contributed by atoms with Crippen LogP contribution in [0.15, 0.2) is 35.2 Å². The Kier molecular flexibility index (Phi) is 10.2. The summed E-state index contributed by atoms with van der Waals surface area (Å²) in [5.41, 5.74) is 6.40. The van der Waals surface area contributed by atoms with Crippen LogP contribution in [0.1, 0.15) is 31.7 Å². The summed E-state index contributed by atoms with van der Waals surface area (Å²) in [5, 5.41) is 3.19. The van der Waals surface area contributed by atoms with Crippen LogP contribution in [0.5, 0.6) is 17.2 Å². The number of nitrogens with zero attached hydrogens (tertiary/aromatic N) is 3. The van der Waals surface area contributed by atoms with Crippen molar-refractivity contribution < 1.29 is 32.5 Å². The van der Waals surface area contributed by atoms with Crippen molar-refractivity contribution in [1.82, 2.24) is 15.3 Å². The minimum absolute atomic E-state index is 0.0992. The summed E-state index contributed by atoms with van der Waals surface area (Å²) in [5.74, 6) is -1.60. The Morgan fingerprint density at radius 2 is 1.89 bits per heavy atom. The molecule has 0 amide bonds. The lowest BCUT2D eigenvalue weighted by molar-refractivity contribution is -0.161. The van der Waals surface area contributed by atoms with Crippen LogP contribution in [0.25, 0.3) is 0 Å². The van der Waals surface area contributed by atoms with Gasteiger partial charge in [0.25, 0.3) is 5.95 Å². The van der Waals surface area contributed by atoms with Crippen LogP contribution in [-0.4, -0.2) is 56.1 Å². The molecule has 10 nitrogen and oxygen atoms in total. The molecule has 1 saturated heterocycles. The largest absolute Gasteiger partial charge is 0.494 e. The van der Waals surface area contributed by atoms with E-state index in [-0.39, 0.29) is 40.9 Å². The van der Waals surface area contributed by atoms with Gasteiger partial charge in [-0.05, 0) is 32.3 Å². The van der Waals surface area contributed by atoms with E-state index in [0.29, 0.717) is 13.2 Å². The van der Waals surface area contributed by atoms with E-state index in [4.69, 9.17) is 29.4 Å². The Labute approximate surface area is 208 Å². The number of ether oxygens (including phenoxy) is 5. The number of aliphatic imine (C=N–C) groups is 1. The van der Waals surface area contributed by atoms with E-state index in [0.717, 1.165) is 37.6 Å². The predicted molar refractivity (Wildman–Crippen MR) is 128 cm³/mol. The number of amidine groups is 1. The summed E-state index contributed by atoms with van der Waals surface area (Å²) in [6.07, 6.45) is 7.29. The van der Waals surface area contributed by atoms with Crippen molar-refractivity contribution >= 4 is 11.8 Å². The number of hydrogen-bond acceptors (Lipinski definition) is 9. The molecule has 0 bridgehead atoms. The summed E-state index contributed by atoms with van der Waals surface area (Å²) in [4.78, 5) is 12.2. The van der Waals surface area contributed by atoms with Gasteiger partial charge in [-0.25, -0.2) is 18.7 Å². The molecule has 1 unspecified atom stereocenters. The van der Waals surface area contributed by atoms with E-state index in [2.05, 4.69) is 20.3 Å². The Bertz CT molecular complexity index is 1030. The van der Waals surface area contributed by atoms with Crippen LogP contribution in [0.2, 0.25) is 0 Å². The van der Waals surface area contributed by atoms with Crippen LogP contribution in [-0.2, 0) is 16.1 Å². The second-order valence-electron chi connectivity index (χ2n) is 7.85. The van der Waals surface area contributed by atoms with Gasteiger partial charge in [0, 0.05) is 24.9 Å². The maximum absolute atomic E-state index is 14.5. The van der Waals surface area contributed by atoms with E-state index in [1.807, 2.05) is 6.92 Å². The monoisotopic (exact) mass is 507 g/mol. The molecule has 1 atom stereocenters. The number of allylic oxidation sites excluding steroid dienone is 1. The number of nitrogens with two attached hydrogens (primary N) is 1. The molecule has 0 saturated carbocycles. The first-order valence-electron chi connectivity index (χ1n) is 11.4. The van der Waals surface area contributed by atoms with Crippen molar-refractivity contribution in [2.45, 2.75) is 39.1 Å². The maximum atomic E-state index is 14.5. The summed E-state index contributed by atoms with van der Waals surface area (Å²) in [7, 11) is 2.54. The molecule has 1 aliphatic heterocycles. The SMILES string of the molecule is COc1cc(OC)c(F)c(COc2cnc(N=C(N)/C=C(/C)NCCOC3CCCCO3)nc2)c1F. The molecule has 1 aromatic carbocycles. The molecule has 1 aromatic heterocycles. The third-order valence-corrected chi connectivity index (χ3v) is 5.20. The van der Waals surface area contributed by atoms with E-state index in [1.165, 1.54) is 26.6 Å². The van der Waals surface area contributed by atoms with Crippen LogP contribution in [0, 0.1) is 11.6 Å². The third kappa shape index (κ3) is 7.75. The molecule has 0 aliphatic carbocycles. The van der Waals surface area contributed by atoms with E-state index >= 15 is 0 Å². The third-order valence-electron chi connectivity index (χ3n) is 5.20. The molecular formula is C24H31F2N5O5. The van der Waals surface area contributed by atoms with Gasteiger partial charge < -0.3 is 34.7 Å². The van der Waals surface area contributed by atoms with Crippen LogP contribution in [0.3, 0.4) is 0 Å². The van der Waals surface area contributed by atoms with Crippen molar-refractivity contribution in [3.63, 3.8) is 0 Å². The fraction of sp³-hybridized carbons (Fsp3) is 0.458. The first kappa shape index (κ1) is 27.1. The van der Waals surface area contributed by atoms with Gasteiger partial charge >= 0.3 is 0 Å². The highest BCUT2D eigenvalue weighted by molar-refractivity contribution is 5.93. The smallest absolute Gasteiger partial charge is 0.251 e. The Balaban J connectivity index is 1.51. The second-order valence-corrected chi connectivity index (χ2v) is 7.85. The van der Waals surface area contributed by atoms with Crippen molar-refractivity contribution in [3.8, 4) is 17.2 Å². The van der Waals surface area contributed by atoms with E-state index in [9.17, 15) is 8.78 Å². The number of nitrogens with one attached hydrogen (secondary N) is 1. The average molecular weight is 508 g/mol. The Morgan fingerprint density at radius 1 is 1.19 bits per heavy atom. The van der Waals surface area contributed by atoms with E-state index in [1.54, 1.807) is 6.08 Å². The fourth-order valence-electron chi connectivity index (χ4n) is 3.36. The molecule has 3 N–H and O–H groups in total. The Hall–Kier alpha value is -3.51. The van der Waals surface area contributed by atoms with Crippen LogP contribution < -0.4 is 25.3 Å². The molecule has 12 heteroatoms. The van der Waals surface area contributed by atoms with Gasteiger partial charge in [0.05, 0.1) is 38.8 Å². The molecular weight excluding hydrogens is 476 g/mol. The van der Waals surface area contributed by atoms with Gasteiger partial charge in [-0.2, -0.15) is 4.99 Å². The van der Waals surface area contributed by atoms with Gasteiger partial charge in [0.2, 0.25) is 0 Å². The number of hydrogen-bond donors (Lipinski definition) is 2. The Morgan fingerprint density at radius 3 is 2.50 bits per heavy atom. The van der Waals surface area contributed by atoms with E-state index < -0.39 is 18.2 Å².